The van der Waals surface area contributed by atoms with Crippen molar-refractivity contribution in [2.24, 2.45) is 0 Å². The molecule has 6 nitrogen and oxygen atoms in total. The van der Waals surface area contributed by atoms with Gasteiger partial charge in [0.15, 0.2) is 0 Å². The first kappa shape index (κ1) is 19.4. The molecule has 0 spiro atoms. The maximum Gasteiger partial charge on any atom is 0.238 e. The Balaban J connectivity index is 1.33. The highest BCUT2D eigenvalue weighted by Gasteiger charge is 2.31. The van der Waals surface area contributed by atoms with Crippen LogP contribution in [0.1, 0.15) is 47.6 Å². The topological polar surface area (TPSA) is 79.4 Å². The van der Waals surface area contributed by atoms with Gasteiger partial charge in [-0.25, -0.2) is 15.2 Å². The van der Waals surface area contributed by atoms with Crippen molar-refractivity contribution in [1.82, 2.24) is 16.2 Å². The molecule has 3 atom stereocenters. The Morgan fingerprint density at radius 3 is 2.72 bits per heavy atom. The predicted octanol–water partition coefficient (Wildman–Crippen LogP) is 3.57. The van der Waals surface area contributed by atoms with Gasteiger partial charge in [-0.15, -0.1) is 0 Å². The molecule has 1 saturated heterocycles. The second-order valence-electron chi connectivity index (χ2n) is 7.28. The largest absolute Gasteiger partial charge is 0.469 e. The van der Waals surface area contributed by atoms with Crippen LogP contribution in [-0.2, 0) is 4.79 Å². The Kier molecular flexibility index (Phi) is 5.78. The van der Waals surface area contributed by atoms with Crippen LogP contribution in [-0.4, -0.2) is 18.5 Å². The molecule has 0 radical (unpaired) electrons. The van der Waals surface area contributed by atoms with E-state index in [4.69, 9.17) is 8.83 Å². The summed E-state index contributed by atoms with van der Waals surface area (Å²) < 4.78 is 24.5. The van der Waals surface area contributed by atoms with E-state index in [9.17, 15) is 9.18 Å². The lowest BCUT2D eigenvalue weighted by Crippen LogP contribution is -2.43. The average molecular weight is 397 g/mol. The van der Waals surface area contributed by atoms with E-state index in [1.165, 1.54) is 12.1 Å². The van der Waals surface area contributed by atoms with E-state index in [1.807, 2.05) is 31.2 Å². The molecule has 7 heteroatoms. The summed E-state index contributed by atoms with van der Waals surface area (Å²) in [6.45, 7) is 2.37. The third-order valence-electron chi connectivity index (χ3n) is 5.22. The van der Waals surface area contributed by atoms with Gasteiger partial charge in [-0.2, -0.15) is 0 Å². The number of halogens is 1. The molecule has 3 heterocycles. The minimum absolute atomic E-state index is 0.0328. The predicted molar refractivity (Wildman–Crippen MR) is 105 cm³/mol. The molecule has 2 aromatic heterocycles. The van der Waals surface area contributed by atoms with Crippen LogP contribution in [0.3, 0.4) is 0 Å². The quantitative estimate of drug-likeness (QED) is 0.568. The zero-order chi connectivity index (χ0) is 20.2. The summed E-state index contributed by atoms with van der Waals surface area (Å²) in [5.74, 6) is 2.06. The number of hydrazine groups is 1. The number of amides is 1. The van der Waals surface area contributed by atoms with Crippen molar-refractivity contribution in [1.29, 1.82) is 0 Å². The number of furan rings is 2. The number of hydrogen-bond acceptors (Lipinski definition) is 5. The number of hydrogen-bond donors (Lipinski definition) is 3. The highest BCUT2D eigenvalue weighted by molar-refractivity contribution is 5.82. The SMILES string of the molecule is Cc1ccc(C2CC(C(=O)NCCC(c3ccc(F)cc3)c3ccco3)NN2)o1. The molecule has 152 valence electrons. The smallest absolute Gasteiger partial charge is 0.238 e. The van der Waals surface area contributed by atoms with Crippen molar-refractivity contribution in [3.63, 3.8) is 0 Å². The summed E-state index contributed by atoms with van der Waals surface area (Å²) in [4.78, 5) is 12.6. The van der Waals surface area contributed by atoms with E-state index in [1.54, 1.807) is 18.4 Å². The molecule has 1 aliphatic heterocycles. The molecule has 29 heavy (non-hydrogen) atoms. The molecule has 3 unspecified atom stereocenters. The van der Waals surface area contributed by atoms with Crippen molar-refractivity contribution in [3.05, 3.63) is 83.5 Å². The molecule has 0 bridgehead atoms. The zero-order valence-corrected chi connectivity index (χ0v) is 16.2. The summed E-state index contributed by atoms with van der Waals surface area (Å²) in [5, 5.41) is 2.99. The summed E-state index contributed by atoms with van der Waals surface area (Å²) in [6.07, 6.45) is 2.87. The van der Waals surface area contributed by atoms with E-state index < -0.39 is 0 Å². The molecule has 3 aromatic rings. The van der Waals surface area contributed by atoms with Crippen LogP contribution in [0, 0.1) is 12.7 Å². The Bertz CT molecular complexity index is 937. The van der Waals surface area contributed by atoms with Gasteiger partial charge in [0, 0.05) is 12.5 Å². The van der Waals surface area contributed by atoms with Crippen LogP contribution in [0.5, 0.6) is 0 Å². The van der Waals surface area contributed by atoms with E-state index >= 15 is 0 Å². The van der Waals surface area contributed by atoms with Crippen molar-refractivity contribution in [3.8, 4) is 0 Å². The zero-order valence-electron chi connectivity index (χ0n) is 16.2. The molecule has 0 saturated carbocycles. The van der Waals surface area contributed by atoms with Crippen LogP contribution >= 0.6 is 0 Å². The summed E-state index contributed by atoms with van der Waals surface area (Å²) in [6, 6.07) is 13.6. The normalized spacial score (nSPS) is 19.9. The van der Waals surface area contributed by atoms with Crippen molar-refractivity contribution >= 4 is 5.91 Å². The summed E-state index contributed by atoms with van der Waals surface area (Å²) >= 11 is 0. The minimum Gasteiger partial charge on any atom is -0.469 e. The minimum atomic E-state index is -0.335. The highest BCUT2D eigenvalue weighted by atomic mass is 19.1. The molecule has 4 rings (SSSR count). The Labute approximate surface area is 168 Å². The first-order valence-electron chi connectivity index (χ1n) is 9.74. The Hall–Kier alpha value is -2.90. The third-order valence-corrected chi connectivity index (χ3v) is 5.22. The van der Waals surface area contributed by atoms with Crippen LogP contribution < -0.4 is 16.2 Å². The lowest BCUT2D eigenvalue weighted by Gasteiger charge is -2.17. The van der Waals surface area contributed by atoms with Gasteiger partial charge >= 0.3 is 0 Å². The Morgan fingerprint density at radius 1 is 1.21 bits per heavy atom. The van der Waals surface area contributed by atoms with E-state index in [2.05, 4.69) is 16.2 Å². The van der Waals surface area contributed by atoms with Crippen LogP contribution in [0.4, 0.5) is 4.39 Å². The van der Waals surface area contributed by atoms with Gasteiger partial charge in [0.25, 0.3) is 0 Å². The van der Waals surface area contributed by atoms with E-state index in [0.717, 1.165) is 22.8 Å². The van der Waals surface area contributed by atoms with Crippen molar-refractivity contribution in [2.45, 2.75) is 37.8 Å². The van der Waals surface area contributed by atoms with Gasteiger partial charge < -0.3 is 14.2 Å². The van der Waals surface area contributed by atoms with Gasteiger partial charge in [-0.3, -0.25) is 4.79 Å². The second-order valence-corrected chi connectivity index (χ2v) is 7.28. The van der Waals surface area contributed by atoms with Crippen molar-refractivity contribution < 1.29 is 18.0 Å². The van der Waals surface area contributed by atoms with Gasteiger partial charge in [0.05, 0.1) is 12.3 Å². The molecular formula is C22H24FN3O3. The van der Waals surface area contributed by atoms with Crippen LogP contribution in [0.25, 0.3) is 0 Å². The summed E-state index contributed by atoms with van der Waals surface area (Å²) in [7, 11) is 0. The van der Waals surface area contributed by atoms with Gasteiger partial charge in [-0.1, -0.05) is 12.1 Å². The average Bonchev–Trinajstić information content (AvgIpc) is 3.47. The molecular weight excluding hydrogens is 373 g/mol. The first-order valence-corrected chi connectivity index (χ1v) is 9.74. The Morgan fingerprint density at radius 2 is 2.03 bits per heavy atom. The highest BCUT2D eigenvalue weighted by Crippen LogP contribution is 2.28. The maximum absolute atomic E-state index is 13.3. The number of aryl methyl sites for hydroxylation is 1. The summed E-state index contributed by atoms with van der Waals surface area (Å²) in [5.41, 5.74) is 7.10. The van der Waals surface area contributed by atoms with Gasteiger partial charge in [0.2, 0.25) is 5.91 Å². The molecule has 1 fully saturated rings. The molecule has 1 aliphatic rings. The van der Waals surface area contributed by atoms with Crippen LogP contribution in [0.2, 0.25) is 0 Å². The third kappa shape index (κ3) is 4.58. The lowest BCUT2D eigenvalue weighted by molar-refractivity contribution is -0.122. The van der Waals surface area contributed by atoms with E-state index in [-0.39, 0.29) is 29.7 Å². The number of nitrogens with one attached hydrogen (secondary N) is 3. The molecule has 0 aliphatic carbocycles. The molecule has 1 amide bonds. The van der Waals surface area contributed by atoms with Gasteiger partial charge in [-0.05, 0) is 61.7 Å². The number of carbonyl (C=O) groups is 1. The molecule has 1 aromatic carbocycles. The van der Waals surface area contributed by atoms with Gasteiger partial charge in [0.1, 0.15) is 29.1 Å². The molecule has 3 N–H and O–H groups in total. The monoisotopic (exact) mass is 397 g/mol. The standard InChI is InChI=1S/C22H24FN3O3/c1-14-4-9-21(29-14)18-13-19(26-25-18)22(27)24-11-10-17(20-3-2-12-28-20)15-5-7-16(23)8-6-15/h2-9,12,17-19,25-26H,10-11,13H2,1H3,(H,24,27). The van der Waals surface area contributed by atoms with E-state index in [0.29, 0.717) is 19.4 Å². The fraction of sp³-hybridized carbons (Fsp3) is 0.318. The lowest BCUT2D eigenvalue weighted by atomic mass is 9.93. The number of benzene rings is 1. The van der Waals surface area contributed by atoms with Crippen LogP contribution in [0.15, 0.2) is 63.6 Å². The fourth-order valence-corrected chi connectivity index (χ4v) is 3.68. The fourth-order valence-electron chi connectivity index (χ4n) is 3.68. The number of carbonyl (C=O) groups excluding carboxylic acids is 1. The first-order chi connectivity index (χ1) is 14.1. The van der Waals surface area contributed by atoms with Crippen molar-refractivity contribution in [2.75, 3.05) is 6.54 Å². The number of rotatable bonds is 7. The maximum atomic E-state index is 13.3. The second kappa shape index (κ2) is 8.63.